The van der Waals surface area contributed by atoms with E-state index in [2.05, 4.69) is 27.1 Å². The number of thiophene rings is 1. The maximum atomic E-state index is 13.1. The molecule has 0 saturated carbocycles. The van der Waals surface area contributed by atoms with Crippen molar-refractivity contribution in [1.82, 2.24) is 14.2 Å². The highest BCUT2D eigenvalue weighted by molar-refractivity contribution is 7.89. The minimum atomic E-state index is -3.55. The largest absolute Gasteiger partial charge is 0.312 e. The molecule has 5 rings (SSSR count). The smallest absolute Gasteiger partial charge is 0.243 e. The van der Waals surface area contributed by atoms with Crippen molar-refractivity contribution in [1.29, 1.82) is 0 Å². The molecule has 0 atom stereocenters. The van der Waals surface area contributed by atoms with E-state index in [0.717, 1.165) is 34.9 Å². The zero-order valence-corrected chi connectivity index (χ0v) is 20.0. The van der Waals surface area contributed by atoms with E-state index in [-0.39, 0.29) is 10.8 Å². The van der Waals surface area contributed by atoms with Gasteiger partial charge in [-0.25, -0.2) is 13.4 Å². The Bertz CT molecular complexity index is 1180. The van der Waals surface area contributed by atoms with Crippen LogP contribution in [0.1, 0.15) is 18.5 Å². The summed E-state index contributed by atoms with van der Waals surface area (Å²) in [5.41, 5.74) is 2.95. The van der Waals surface area contributed by atoms with Gasteiger partial charge in [0, 0.05) is 67.7 Å². The molecular weight excluding hydrogens is 464 g/mol. The van der Waals surface area contributed by atoms with Crippen LogP contribution in [0.2, 0.25) is 0 Å². The lowest BCUT2D eigenvalue weighted by Crippen LogP contribution is -2.48. The van der Waals surface area contributed by atoms with E-state index in [9.17, 15) is 13.2 Å². The molecule has 1 amide bonds. The number of hydrogen-bond donors (Lipinski definition) is 0. The van der Waals surface area contributed by atoms with Crippen LogP contribution in [0.3, 0.4) is 0 Å². The van der Waals surface area contributed by atoms with E-state index >= 15 is 0 Å². The summed E-state index contributed by atoms with van der Waals surface area (Å²) in [6.07, 6.45) is 1.40. The van der Waals surface area contributed by atoms with Crippen LogP contribution in [0.5, 0.6) is 0 Å². The first-order valence-electron chi connectivity index (χ1n) is 10.6. The molecule has 1 aromatic carbocycles. The lowest BCUT2D eigenvalue weighted by atomic mass is 10.3. The molecule has 0 radical (unpaired) electrons. The van der Waals surface area contributed by atoms with Gasteiger partial charge in [0.25, 0.3) is 0 Å². The number of thiazole rings is 1. The summed E-state index contributed by atoms with van der Waals surface area (Å²) in [5.74, 6) is 0.0966. The summed E-state index contributed by atoms with van der Waals surface area (Å²) >= 11 is 3.31. The van der Waals surface area contributed by atoms with Gasteiger partial charge in [0.05, 0.1) is 10.6 Å². The Morgan fingerprint density at radius 1 is 0.969 bits per heavy atom. The van der Waals surface area contributed by atoms with Crippen LogP contribution < -0.4 is 4.90 Å². The number of carbonyl (C=O) groups excluding carboxylic acids is 1. The van der Waals surface area contributed by atoms with Gasteiger partial charge < -0.3 is 4.90 Å². The van der Waals surface area contributed by atoms with Gasteiger partial charge >= 0.3 is 0 Å². The molecule has 0 aliphatic carbocycles. The van der Waals surface area contributed by atoms with E-state index in [1.165, 1.54) is 0 Å². The first kappa shape index (κ1) is 21.7. The Morgan fingerprint density at radius 2 is 1.75 bits per heavy atom. The van der Waals surface area contributed by atoms with E-state index in [0.29, 0.717) is 39.1 Å². The number of aromatic nitrogens is 1. The van der Waals surface area contributed by atoms with Gasteiger partial charge in [0.1, 0.15) is 5.01 Å². The molecule has 0 N–H and O–H groups in total. The van der Waals surface area contributed by atoms with E-state index in [4.69, 9.17) is 4.98 Å². The number of nitrogens with zero attached hydrogens (tertiary/aromatic N) is 4. The number of anilines is 1. The average molecular weight is 489 g/mol. The van der Waals surface area contributed by atoms with E-state index in [1.807, 2.05) is 0 Å². The molecule has 0 bridgehead atoms. The molecule has 2 aliphatic heterocycles. The van der Waals surface area contributed by atoms with Crippen LogP contribution >= 0.6 is 22.7 Å². The van der Waals surface area contributed by atoms with Gasteiger partial charge in [0.2, 0.25) is 15.9 Å². The third-order valence-electron chi connectivity index (χ3n) is 5.90. The van der Waals surface area contributed by atoms with Gasteiger partial charge in [0.15, 0.2) is 0 Å². The molecule has 168 valence electrons. The molecule has 2 aromatic heterocycles. The molecule has 10 heteroatoms. The summed E-state index contributed by atoms with van der Waals surface area (Å²) in [6.45, 7) is 3.68. The molecule has 2 saturated heterocycles. The molecule has 2 fully saturated rings. The molecule has 7 nitrogen and oxygen atoms in total. The second-order valence-electron chi connectivity index (χ2n) is 7.98. The van der Waals surface area contributed by atoms with E-state index < -0.39 is 10.0 Å². The van der Waals surface area contributed by atoms with Crippen molar-refractivity contribution in [3.63, 3.8) is 0 Å². The van der Waals surface area contributed by atoms with Crippen LogP contribution in [0.4, 0.5) is 5.69 Å². The third-order valence-corrected chi connectivity index (χ3v) is 9.43. The normalized spacial score (nSPS) is 18.5. The zero-order chi connectivity index (χ0) is 22.1. The first-order chi connectivity index (χ1) is 15.5. The predicted octanol–water partition coefficient (Wildman–Crippen LogP) is 3.50. The number of piperazine rings is 1. The number of rotatable bonds is 6. The van der Waals surface area contributed by atoms with Crippen LogP contribution in [0, 0.1) is 0 Å². The first-order valence-corrected chi connectivity index (χ1v) is 13.9. The minimum absolute atomic E-state index is 0.0966. The maximum Gasteiger partial charge on any atom is 0.243 e. The maximum absolute atomic E-state index is 13.1. The predicted molar refractivity (Wildman–Crippen MR) is 127 cm³/mol. The molecule has 0 spiro atoms. The summed E-state index contributed by atoms with van der Waals surface area (Å²) in [4.78, 5) is 20.9. The van der Waals surface area contributed by atoms with Crippen LogP contribution in [-0.2, 0) is 21.4 Å². The Morgan fingerprint density at radius 3 is 2.41 bits per heavy atom. The van der Waals surface area contributed by atoms with Crippen molar-refractivity contribution in [2.75, 3.05) is 37.6 Å². The van der Waals surface area contributed by atoms with Gasteiger partial charge in [-0.1, -0.05) is 0 Å². The minimum Gasteiger partial charge on any atom is -0.312 e. The standard InChI is InChI=1S/C22H24N4O3S3/c27-21-2-1-8-26(21)19-3-5-20(6-4-19)32(28,29)25-11-9-24(10-12-25)14-18-16-31-22(23-18)17-7-13-30-15-17/h3-7,13,15-16H,1-2,8-12,14H2. The summed E-state index contributed by atoms with van der Waals surface area (Å²) in [6, 6.07) is 8.78. The zero-order valence-electron chi connectivity index (χ0n) is 17.5. The Labute approximate surface area is 196 Å². The SMILES string of the molecule is O=C1CCCN1c1ccc(S(=O)(=O)N2CCN(Cc3csc(-c4ccsc4)n3)CC2)cc1. The van der Waals surface area contributed by atoms with Crippen LogP contribution in [0.15, 0.2) is 51.4 Å². The van der Waals surface area contributed by atoms with Crippen LogP contribution in [0.25, 0.3) is 10.6 Å². The number of benzene rings is 1. The monoisotopic (exact) mass is 488 g/mol. The Balaban J connectivity index is 1.19. The van der Waals surface area contributed by atoms with Crippen molar-refractivity contribution >= 4 is 44.3 Å². The Kier molecular flexibility index (Phi) is 6.13. The van der Waals surface area contributed by atoms with Gasteiger partial charge in [-0.15, -0.1) is 11.3 Å². The summed E-state index contributed by atoms with van der Waals surface area (Å²) in [5, 5.41) is 7.27. The number of hydrogen-bond acceptors (Lipinski definition) is 7. The molecule has 32 heavy (non-hydrogen) atoms. The van der Waals surface area contributed by atoms with E-state index in [1.54, 1.807) is 56.1 Å². The van der Waals surface area contributed by atoms with Crippen LogP contribution in [-0.4, -0.2) is 61.2 Å². The lowest BCUT2D eigenvalue weighted by Gasteiger charge is -2.33. The molecule has 0 unspecified atom stereocenters. The molecule has 2 aliphatic rings. The highest BCUT2D eigenvalue weighted by Gasteiger charge is 2.29. The molecule has 3 aromatic rings. The lowest BCUT2D eigenvalue weighted by molar-refractivity contribution is -0.117. The number of sulfonamides is 1. The van der Waals surface area contributed by atoms with Gasteiger partial charge in [-0.3, -0.25) is 9.69 Å². The second kappa shape index (κ2) is 9.03. The van der Waals surface area contributed by atoms with Crippen molar-refractivity contribution < 1.29 is 13.2 Å². The van der Waals surface area contributed by atoms with Crippen molar-refractivity contribution in [2.24, 2.45) is 0 Å². The fourth-order valence-corrected chi connectivity index (χ4v) is 7.07. The number of amides is 1. The fraction of sp³-hybridized carbons (Fsp3) is 0.364. The highest BCUT2D eigenvalue weighted by Crippen LogP contribution is 2.27. The summed E-state index contributed by atoms with van der Waals surface area (Å²) < 4.78 is 27.8. The highest BCUT2D eigenvalue weighted by atomic mass is 32.2. The van der Waals surface area contributed by atoms with Gasteiger partial charge in [-0.05, 0) is 42.1 Å². The molecule has 4 heterocycles. The van der Waals surface area contributed by atoms with Gasteiger partial charge in [-0.2, -0.15) is 15.6 Å². The average Bonchev–Trinajstić information content (AvgIpc) is 3.56. The second-order valence-corrected chi connectivity index (χ2v) is 11.6. The Hall–Kier alpha value is -2.11. The fourth-order valence-electron chi connectivity index (χ4n) is 4.12. The van der Waals surface area contributed by atoms with Crippen molar-refractivity contribution in [2.45, 2.75) is 24.3 Å². The quantitative estimate of drug-likeness (QED) is 0.531. The topological polar surface area (TPSA) is 73.8 Å². The third kappa shape index (κ3) is 4.38. The summed E-state index contributed by atoms with van der Waals surface area (Å²) in [7, 11) is -3.55. The van der Waals surface area contributed by atoms with Crippen molar-refractivity contribution in [3.05, 3.63) is 52.2 Å². The van der Waals surface area contributed by atoms with Crippen molar-refractivity contribution in [3.8, 4) is 10.6 Å². The number of carbonyl (C=O) groups is 1. The molecular formula is C22H24N4O3S3.